The van der Waals surface area contributed by atoms with Gasteiger partial charge in [-0.25, -0.2) is 8.78 Å². The Kier molecular flexibility index (Phi) is 3.52. The van der Waals surface area contributed by atoms with E-state index in [1.54, 1.807) is 0 Å². The summed E-state index contributed by atoms with van der Waals surface area (Å²) in [5.41, 5.74) is 4.10. The van der Waals surface area contributed by atoms with Crippen molar-refractivity contribution in [3.8, 4) is 0 Å². The van der Waals surface area contributed by atoms with Gasteiger partial charge in [0.2, 0.25) is 0 Å². The molecule has 0 spiro atoms. The molecule has 0 aromatic heterocycles. The molecule has 0 amide bonds. The van der Waals surface area contributed by atoms with Crippen molar-refractivity contribution in [3.63, 3.8) is 0 Å². The average Bonchev–Trinajstić information content (AvgIpc) is 2.17. The van der Waals surface area contributed by atoms with Crippen molar-refractivity contribution in [1.29, 1.82) is 0 Å². The Morgan fingerprint density at radius 2 is 1.50 bits per heavy atom. The van der Waals surface area contributed by atoms with Crippen LogP contribution in [0.2, 0.25) is 0 Å². The van der Waals surface area contributed by atoms with E-state index in [0.29, 0.717) is 0 Å². The predicted molar refractivity (Wildman–Crippen MR) is 48.9 cm³/mol. The Bertz CT molecular complexity index is 333. The zero-order valence-electron chi connectivity index (χ0n) is 8.14. The first-order valence-electron chi connectivity index (χ1n) is 4.50. The largest absolute Gasteiger partial charge is 0.399 e. The first-order chi connectivity index (χ1) is 7.30. The van der Waals surface area contributed by atoms with E-state index < -0.39 is 30.1 Å². The second-order valence-electron chi connectivity index (χ2n) is 3.32. The third-order valence-electron chi connectivity index (χ3n) is 2.23. The topological polar surface area (TPSA) is 26.0 Å². The number of nitrogens with two attached hydrogens (primary N) is 1. The highest BCUT2D eigenvalue weighted by atomic mass is 19.4. The SMILES string of the molecule is NCC(C(F)(F)F)C(F)(F)c1ccccc1. The van der Waals surface area contributed by atoms with Gasteiger partial charge in [0.25, 0.3) is 5.92 Å². The van der Waals surface area contributed by atoms with Crippen LogP contribution < -0.4 is 5.73 Å². The highest BCUT2D eigenvalue weighted by Crippen LogP contribution is 2.43. The standard InChI is InChI=1S/C10H10F5N/c11-9(12,7-4-2-1-3-5-7)8(6-16)10(13,14)15/h1-5,8H,6,16H2. The molecule has 0 bridgehead atoms. The number of benzene rings is 1. The van der Waals surface area contributed by atoms with Gasteiger partial charge in [0.15, 0.2) is 0 Å². The van der Waals surface area contributed by atoms with Crippen molar-refractivity contribution in [1.82, 2.24) is 0 Å². The summed E-state index contributed by atoms with van der Waals surface area (Å²) in [7, 11) is 0. The molecule has 0 aliphatic carbocycles. The lowest BCUT2D eigenvalue weighted by molar-refractivity contribution is -0.240. The van der Waals surface area contributed by atoms with Gasteiger partial charge in [-0.3, -0.25) is 0 Å². The van der Waals surface area contributed by atoms with Crippen LogP contribution in [-0.4, -0.2) is 12.7 Å². The molecule has 0 saturated heterocycles. The van der Waals surface area contributed by atoms with Gasteiger partial charge in [-0.1, -0.05) is 30.3 Å². The van der Waals surface area contributed by atoms with Gasteiger partial charge in [-0.2, -0.15) is 13.2 Å². The van der Waals surface area contributed by atoms with E-state index in [1.165, 1.54) is 18.2 Å². The quantitative estimate of drug-likeness (QED) is 0.806. The molecular weight excluding hydrogens is 229 g/mol. The van der Waals surface area contributed by atoms with Crippen molar-refractivity contribution < 1.29 is 22.0 Å². The molecule has 0 aliphatic heterocycles. The van der Waals surface area contributed by atoms with Crippen LogP contribution in [0.25, 0.3) is 0 Å². The van der Waals surface area contributed by atoms with E-state index in [0.717, 1.165) is 12.1 Å². The molecule has 16 heavy (non-hydrogen) atoms. The molecule has 0 saturated carbocycles. The van der Waals surface area contributed by atoms with Gasteiger partial charge in [-0.15, -0.1) is 0 Å². The fourth-order valence-corrected chi connectivity index (χ4v) is 1.35. The Hall–Kier alpha value is -1.17. The maximum absolute atomic E-state index is 13.5. The van der Waals surface area contributed by atoms with E-state index in [9.17, 15) is 22.0 Å². The van der Waals surface area contributed by atoms with Crippen LogP contribution in [0, 0.1) is 5.92 Å². The Balaban J connectivity index is 3.09. The molecule has 1 atom stereocenters. The summed E-state index contributed by atoms with van der Waals surface area (Å²) in [4.78, 5) is 0. The van der Waals surface area contributed by atoms with E-state index in [4.69, 9.17) is 5.73 Å². The van der Waals surface area contributed by atoms with Crippen LogP contribution in [0.3, 0.4) is 0 Å². The third kappa shape index (κ3) is 2.49. The predicted octanol–water partition coefficient (Wildman–Crippen LogP) is 2.92. The zero-order valence-corrected chi connectivity index (χ0v) is 8.14. The Labute approximate surface area is 89.1 Å². The fraction of sp³-hybridized carbons (Fsp3) is 0.400. The van der Waals surface area contributed by atoms with Crippen LogP contribution in [-0.2, 0) is 5.92 Å². The molecule has 0 aliphatic rings. The van der Waals surface area contributed by atoms with Crippen molar-refractivity contribution in [2.24, 2.45) is 11.7 Å². The number of halogens is 5. The van der Waals surface area contributed by atoms with Crippen molar-refractivity contribution in [2.45, 2.75) is 12.1 Å². The minimum atomic E-state index is -5.02. The maximum atomic E-state index is 13.5. The summed E-state index contributed by atoms with van der Waals surface area (Å²) < 4.78 is 64.1. The first-order valence-corrected chi connectivity index (χ1v) is 4.50. The molecule has 1 unspecified atom stereocenters. The van der Waals surface area contributed by atoms with Gasteiger partial charge in [0, 0.05) is 12.1 Å². The molecule has 1 rings (SSSR count). The first kappa shape index (κ1) is 12.9. The molecule has 6 heteroatoms. The Morgan fingerprint density at radius 3 is 1.88 bits per heavy atom. The highest BCUT2D eigenvalue weighted by Gasteiger charge is 2.55. The van der Waals surface area contributed by atoms with Crippen LogP contribution in [0.15, 0.2) is 30.3 Å². The van der Waals surface area contributed by atoms with E-state index in [2.05, 4.69) is 0 Å². The smallest absolute Gasteiger partial charge is 0.330 e. The van der Waals surface area contributed by atoms with Crippen molar-refractivity contribution in [2.75, 3.05) is 6.54 Å². The highest BCUT2D eigenvalue weighted by molar-refractivity contribution is 5.21. The molecule has 1 aromatic rings. The van der Waals surface area contributed by atoms with Gasteiger partial charge in [-0.05, 0) is 0 Å². The Morgan fingerprint density at radius 1 is 1.00 bits per heavy atom. The summed E-state index contributed by atoms with van der Waals surface area (Å²) in [5.74, 6) is -6.86. The summed E-state index contributed by atoms with van der Waals surface area (Å²) in [5, 5.41) is 0. The summed E-state index contributed by atoms with van der Waals surface area (Å²) in [6.07, 6.45) is -5.02. The van der Waals surface area contributed by atoms with Crippen LogP contribution >= 0.6 is 0 Å². The van der Waals surface area contributed by atoms with Gasteiger partial charge in [0.05, 0.1) is 0 Å². The second kappa shape index (κ2) is 4.37. The van der Waals surface area contributed by atoms with Gasteiger partial charge in [0.1, 0.15) is 5.92 Å². The molecule has 1 nitrogen and oxygen atoms in total. The average molecular weight is 239 g/mol. The number of rotatable bonds is 3. The zero-order chi connectivity index (χ0) is 12.4. The molecule has 0 heterocycles. The van der Waals surface area contributed by atoms with Crippen molar-refractivity contribution in [3.05, 3.63) is 35.9 Å². The number of alkyl halides is 5. The molecule has 0 radical (unpaired) electrons. The molecule has 1 aromatic carbocycles. The normalized spacial score (nSPS) is 14.9. The van der Waals surface area contributed by atoms with E-state index >= 15 is 0 Å². The van der Waals surface area contributed by atoms with Gasteiger partial charge >= 0.3 is 6.18 Å². The van der Waals surface area contributed by atoms with E-state index in [1.807, 2.05) is 0 Å². The summed E-state index contributed by atoms with van der Waals surface area (Å²) in [6, 6.07) is 5.87. The minimum Gasteiger partial charge on any atom is -0.330 e. The van der Waals surface area contributed by atoms with E-state index in [-0.39, 0.29) is 0 Å². The summed E-state index contributed by atoms with van der Waals surface area (Å²) >= 11 is 0. The van der Waals surface area contributed by atoms with Crippen LogP contribution in [0.5, 0.6) is 0 Å². The monoisotopic (exact) mass is 239 g/mol. The van der Waals surface area contributed by atoms with Gasteiger partial charge < -0.3 is 5.73 Å². The lowest BCUT2D eigenvalue weighted by Gasteiger charge is -2.27. The third-order valence-corrected chi connectivity index (χ3v) is 2.23. The molecule has 0 fully saturated rings. The maximum Gasteiger partial charge on any atom is 0.399 e. The van der Waals surface area contributed by atoms with Crippen LogP contribution in [0.1, 0.15) is 5.56 Å². The minimum absolute atomic E-state index is 0.678. The van der Waals surface area contributed by atoms with Crippen molar-refractivity contribution >= 4 is 0 Å². The molecule has 90 valence electrons. The fourth-order valence-electron chi connectivity index (χ4n) is 1.35. The lowest BCUT2D eigenvalue weighted by atomic mass is 9.94. The second-order valence-corrected chi connectivity index (χ2v) is 3.32. The molecular formula is C10H10F5N. The number of hydrogen-bond acceptors (Lipinski definition) is 1. The number of hydrogen-bond donors (Lipinski definition) is 1. The van der Waals surface area contributed by atoms with Crippen LogP contribution in [0.4, 0.5) is 22.0 Å². The lowest BCUT2D eigenvalue weighted by Crippen LogP contribution is -2.42. The molecule has 2 N–H and O–H groups in total. The summed E-state index contributed by atoms with van der Waals surface area (Å²) in [6.45, 7) is -1.15.